The number of ether oxygens (including phenoxy) is 3. The van der Waals surface area contributed by atoms with Crippen LogP contribution in [-0.4, -0.2) is 62.1 Å². The van der Waals surface area contributed by atoms with Gasteiger partial charge in [0.15, 0.2) is 5.13 Å². The third kappa shape index (κ3) is 5.72. The van der Waals surface area contributed by atoms with Gasteiger partial charge in [-0.1, -0.05) is 0 Å². The predicted molar refractivity (Wildman–Crippen MR) is 114 cm³/mol. The molecule has 31 heavy (non-hydrogen) atoms. The van der Waals surface area contributed by atoms with E-state index in [1.807, 2.05) is 0 Å². The van der Waals surface area contributed by atoms with Gasteiger partial charge in [-0.05, 0) is 24.1 Å². The molecule has 0 radical (unpaired) electrons. The van der Waals surface area contributed by atoms with Gasteiger partial charge < -0.3 is 19.1 Å². The number of nitrogens with zero attached hydrogens (tertiary/aromatic N) is 3. The number of aromatic nitrogens is 1. The Balaban J connectivity index is 1.75. The highest BCUT2D eigenvalue weighted by Gasteiger charge is 2.25. The summed E-state index contributed by atoms with van der Waals surface area (Å²) in [5, 5.41) is 2.37. The fourth-order valence-corrected chi connectivity index (χ4v) is 4.12. The van der Waals surface area contributed by atoms with Gasteiger partial charge in [-0.15, -0.1) is 11.3 Å². The van der Waals surface area contributed by atoms with Gasteiger partial charge in [-0.25, -0.2) is 4.98 Å². The Morgan fingerprint density at radius 1 is 1.16 bits per heavy atom. The molecule has 1 aromatic carbocycles. The first-order valence-electron chi connectivity index (χ1n) is 9.74. The van der Waals surface area contributed by atoms with Crippen LogP contribution in [0.15, 0.2) is 23.6 Å². The number of hydrogen-bond donors (Lipinski definition) is 0. The summed E-state index contributed by atoms with van der Waals surface area (Å²) >= 11 is 1.34. The number of thiazole rings is 1. The smallest absolute Gasteiger partial charge is 0.325 e. The summed E-state index contributed by atoms with van der Waals surface area (Å²) in [6.07, 6.45) is 1.34. The molecule has 1 fully saturated rings. The number of methoxy groups -OCH3 is 3. The molecule has 10 heteroatoms. The first kappa shape index (κ1) is 22.5. The van der Waals surface area contributed by atoms with Gasteiger partial charge in [0.25, 0.3) is 0 Å². The molecule has 0 saturated carbocycles. The molecule has 0 bridgehead atoms. The number of carbonyl (C=O) groups excluding carboxylic acids is 3. The van der Waals surface area contributed by atoms with Crippen molar-refractivity contribution in [2.75, 3.05) is 39.3 Å². The van der Waals surface area contributed by atoms with Crippen LogP contribution >= 0.6 is 11.3 Å². The summed E-state index contributed by atoms with van der Waals surface area (Å²) in [7, 11) is 4.36. The predicted octanol–water partition coefficient (Wildman–Crippen LogP) is 2.03. The zero-order valence-corrected chi connectivity index (χ0v) is 18.6. The van der Waals surface area contributed by atoms with Gasteiger partial charge in [0.2, 0.25) is 11.8 Å². The molecule has 1 saturated heterocycles. The lowest BCUT2D eigenvalue weighted by Gasteiger charge is -2.22. The summed E-state index contributed by atoms with van der Waals surface area (Å²) in [4.78, 5) is 44.3. The second kappa shape index (κ2) is 10.3. The summed E-state index contributed by atoms with van der Waals surface area (Å²) in [5.74, 6) is 0.409. The molecule has 2 heterocycles. The maximum Gasteiger partial charge on any atom is 0.325 e. The number of benzene rings is 1. The average Bonchev–Trinajstić information content (AvgIpc) is 3.41. The minimum atomic E-state index is -0.523. The minimum absolute atomic E-state index is 0.0105. The van der Waals surface area contributed by atoms with Gasteiger partial charge >= 0.3 is 5.97 Å². The van der Waals surface area contributed by atoms with E-state index in [0.29, 0.717) is 35.3 Å². The quantitative estimate of drug-likeness (QED) is 0.543. The van der Waals surface area contributed by atoms with Gasteiger partial charge in [-0.3, -0.25) is 19.3 Å². The molecule has 2 aromatic rings. The lowest BCUT2D eigenvalue weighted by atomic mass is 10.1. The van der Waals surface area contributed by atoms with E-state index >= 15 is 0 Å². The fourth-order valence-electron chi connectivity index (χ4n) is 3.25. The fraction of sp³-hybridized carbons (Fsp3) is 0.429. The van der Waals surface area contributed by atoms with E-state index in [4.69, 9.17) is 14.2 Å². The van der Waals surface area contributed by atoms with Crippen molar-refractivity contribution in [1.29, 1.82) is 0 Å². The Hall–Kier alpha value is -3.14. The van der Waals surface area contributed by atoms with E-state index in [1.54, 1.807) is 42.7 Å². The van der Waals surface area contributed by atoms with E-state index in [1.165, 1.54) is 23.3 Å². The molecule has 0 N–H and O–H groups in total. The molecule has 1 aromatic heterocycles. The van der Waals surface area contributed by atoms with E-state index in [0.717, 1.165) is 12.0 Å². The minimum Gasteiger partial charge on any atom is -0.497 e. The van der Waals surface area contributed by atoms with Crippen molar-refractivity contribution in [2.45, 2.75) is 25.8 Å². The van der Waals surface area contributed by atoms with Crippen LogP contribution in [0.5, 0.6) is 11.5 Å². The number of rotatable bonds is 9. The third-order valence-electron chi connectivity index (χ3n) is 4.86. The van der Waals surface area contributed by atoms with Gasteiger partial charge in [0, 0.05) is 31.0 Å². The van der Waals surface area contributed by atoms with Crippen molar-refractivity contribution in [1.82, 2.24) is 9.88 Å². The van der Waals surface area contributed by atoms with Crippen molar-refractivity contribution in [3.8, 4) is 11.5 Å². The number of hydrogen-bond acceptors (Lipinski definition) is 8. The van der Waals surface area contributed by atoms with Crippen molar-refractivity contribution < 1.29 is 28.6 Å². The molecule has 9 nitrogen and oxygen atoms in total. The molecule has 3 rings (SSSR count). The molecule has 1 aliphatic heterocycles. The van der Waals surface area contributed by atoms with Crippen LogP contribution in [0, 0.1) is 0 Å². The monoisotopic (exact) mass is 447 g/mol. The van der Waals surface area contributed by atoms with Crippen LogP contribution in [0.3, 0.4) is 0 Å². The summed E-state index contributed by atoms with van der Waals surface area (Å²) in [6.45, 7) is 0.617. The SMILES string of the molecule is COC(=O)CN(Cc1cc(OC)cc(OC)c1)C(=O)Cc1csc(N2CCCC2=O)n1. The van der Waals surface area contributed by atoms with Crippen LogP contribution in [0.4, 0.5) is 5.13 Å². The Morgan fingerprint density at radius 2 is 1.87 bits per heavy atom. The summed E-state index contributed by atoms with van der Waals surface area (Å²) in [5.41, 5.74) is 1.30. The third-order valence-corrected chi connectivity index (χ3v) is 5.77. The highest BCUT2D eigenvalue weighted by Crippen LogP contribution is 2.26. The van der Waals surface area contributed by atoms with Crippen molar-refractivity contribution in [2.24, 2.45) is 0 Å². The maximum atomic E-state index is 13.0. The second-order valence-corrected chi connectivity index (χ2v) is 7.83. The van der Waals surface area contributed by atoms with E-state index in [2.05, 4.69) is 4.98 Å². The van der Waals surface area contributed by atoms with Crippen LogP contribution < -0.4 is 14.4 Å². The normalized spacial score (nSPS) is 13.3. The first-order chi connectivity index (χ1) is 14.9. The van der Waals surface area contributed by atoms with Gasteiger partial charge in [0.1, 0.15) is 18.0 Å². The first-order valence-corrected chi connectivity index (χ1v) is 10.6. The van der Waals surface area contributed by atoms with E-state index in [9.17, 15) is 14.4 Å². The Labute approximate surface area is 184 Å². The molecule has 0 aliphatic carbocycles. The molecule has 166 valence electrons. The van der Waals surface area contributed by atoms with Crippen LogP contribution in [0.2, 0.25) is 0 Å². The molecule has 0 atom stereocenters. The van der Waals surface area contributed by atoms with E-state index < -0.39 is 5.97 Å². The molecular formula is C21H25N3O6S. The number of amides is 2. The number of anilines is 1. The highest BCUT2D eigenvalue weighted by atomic mass is 32.1. The maximum absolute atomic E-state index is 13.0. The standard InChI is InChI=1S/C21H25N3O6S/c1-28-16-7-14(8-17(10-16)29-2)11-23(12-20(27)30-3)19(26)9-15-13-31-21(22-15)24-6-4-5-18(24)25/h7-8,10,13H,4-6,9,11-12H2,1-3H3. The van der Waals surface area contributed by atoms with Crippen LogP contribution in [0.1, 0.15) is 24.1 Å². The molecule has 0 unspecified atom stereocenters. The zero-order valence-electron chi connectivity index (χ0n) is 17.8. The molecule has 0 spiro atoms. The van der Waals surface area contributed by atoms with Gasteiger partial charge in [0.05, 0.1) is 33.4 Å². The average molecular weight is 448 g/mol. The van der Waals surface area contributed by atoms with Crippen LogP contribution in [0.25, 0.3) is 0 Å². The summed E-state index contributed by atoms with van der Waals surface area (Å²) in [6, 6.07) is 5.28. The molecule has 1 aliphatic rings. The highest BCUT2D eigenvalue weighted by molar-refractivity contribution is 7.14. The van der Waals surface area contributed by atoms with Crippen molar-refractivity contribution >= 4 is 34.3 Å². The molecular weight excluding hydrogens is 422 g/mol. The van der Waals surface area contributed by atoms with Crippen molar-refractivity contribution in [3.05, 3.63) is 34.8 Å². The van der Waals surface area contributed by atoms with Crippen LogP contribution in [-0.2, 0) is 32.1 Å². The largest absolute Gasteiger partial charge is 0.497 e. The lowest BCUT2D eigenvalue weighted by molar-refractivity contribution is -0.147. The molecule has 2 amide bonds. The Kier molecular flexibility index (Phi) is 7.45. The lowest BCUT2D eigenvalue weighted by Crippen LogP contribution is -2.36. The zero-order chi connectivity index (χ0) is 22.4. The second-order valence-electron chi connectivity index (χ2n) is 6.99. The van der Waals surface area contributed by atoms with Crippen molar-refractivity contribution in [3.63, 3.8) is 0 Å². The van der Waals surface area contributed by atoms with Gasteiger partial charge in [-0.2, -0.15) is 0 Å². The topological polar surface area (TPSA) is 98.3 Å². The van der Waals surface area contributed by atoms with E-state index in [-0.39, 0.29) is 31.3 Å². The summed E-state index contributed by atoms with van der Waals surface area (Å²) < 4.78 is 15.3. The number of carbonyl (C=O) groups is 3. The Bertz CT molecular complexity index is 938. The Morgan fingerprint density at radius 3 is 2.45 bits per heavy atom. The number of esters is 1.